The standard InChI is InChI=1S/C40H43N3O6/c1-39(2,3)48-37(46)42-25-7-9-33(42)35(44)23-15-27-11-17-29(18-12-27)31-21-22-32(41-31)30-19-13-28(14-20-30)16-24-36(45)34-10-8-26-43(34)38(47)49-40(4,5)6/h11-14,17-22,33-34,41H,7-10,25-26H2,1-6H3/i/hD. The van der Waals surface area contributed by atoms with Gasteiger partial charge in [0.1, 0.15) is 23.3 Å². The number of ketones is 2. The average molecular weight is 663 g/mol. The molecule has 0 aliphatic carbocycles. The quantitative estimate of drug-likeness (QED) is 0.302. The number of H-pyrrole nitrogens is 1. The van der Waals surface area contributed by atoms with E-state index in [-0.39, 0.29) is 11.6 Å². The van der Waals surface area contributed by atoms with Gasteiger partial charge in [-0.05, 0) is 127 Å². The minimum atomic E-state index is -0.644. The van der Waals surface area contributed by atoms with E-state index in [2.05, 4.69) is 23.7 Å². The summed E-state index contributed by atoms with van der Waals surface area (Å²) in [5.41, 5.74) is 2.97. The highest BCUT2D eigenvalue weighted by Crippen LogP contribution is 2.26. The first-order valence-electron chi connectivity index (χ1n) is 17.1. The van der Waals surface area contributed by atoms with Gasteiger partial charge >= 0.3 is 12.2 Å². The largest absolute Gasteiger partial charge is 0.444 e. The van der Waals surface area contributed by atoms with Crippen LogP contribution in [0.3, 0.4) is 0 Å². The van der Waals surface area contributed by atoms with Crippen LogP contribution in [0.2, 0.25) is 1.41 Å². The number of nitrogens with zero attached hydrogens (tertiary/aromatic N) is 2. The lowest BCUT2D eigenvalue weighted by atomic mass is 10.1. The minimum Gasteiger partial charge on any atom is -0.444 e. The first-order valence-corrected chi connectivity index (χ1v) is 16.6. The highest BCUT2D eigenvalue weighted by Gasteiger charge is 2.37. The second-order valence-electron chi connectivity index (χ2n) is 14.3. The van der Waals surface area contributed by atoms with E-state index in [1.807, 2.05) is 36.4 Å². The van der Waals surface area contributed by atoms with Crippen LogP contribution in [0.15, 0.2) is 60.7 Å². The Kier molecular flexibility index (Phi) is 9.92. The number of nitrogens with one attached hydrogen (secondary N) is 1. The number of likely N-dealkylation sites (tertiary alicyclic amines) is 2. The molecule has 0 saturated carbocycles. The average Bonchev–Trinajstić information content (AvgIpc) is 3.82. The number of hydrogen-bond donors (Lipinski definition) is 1. The zero-order valence-corrected chi connectivity index (χ0v) is 29.0. The van der Waals surface area contributed by atoms with Crippen LogP contribution in [0.5, 0.6) is 0 Å². The number of aromatic nitrogens is 1. The maximum atomic E-state index is 12.9. The lowest BCUT2D eigenvalue weighted by molar-refractivity contribution is -0.118. The summed E-state index contributed by atoms with van der Waals surface area (Å²) in [5.74, 6) is 10.6. The van der Waals surface area contributed by atoms with Crippen molar-refractivity contribution in [2.24, 2.45) is 0 Å². The second-order valence-corrected chi connectivity index (χ2v) is 14.3. The van der Waals surface area contributed by atoms with Gasteiger partial charge in [0.15, 0.2) is 1.41 Å². The molecule has 254 valence electrons. The zero-order chi connectivity index (χ0) is 36.2. The summed E-state index contributed by atoms with van der Waals surface area (Å²) in [6.45, 7) is 11.7. The molecular weight excluding hydrogens is 618 g/mol. The van der Waals surface area contributed by atoms with E-state index in [0.29, 0.717) is 48.4 Å². The van der Waals surface area contributed by atoms with Crippen molar-refractivity contribution in [2.75, 3.05) is 13.1 Å². The molecule has 2 aliphatic rings. The maximum absolute atomic E-state index is 12.9. The Bertz CT molecular complexity index is 1760. The van der Waals surface area contributed by atoms with Crippen LogP contribution < -0.4 is 0 Å². The van der Waals surface area contributed by atoms with Crippen molar-refractivity contribution in [1.29, 1.82) is 0 Å². The Morgan fingerprint density at radius 2 is 1.02 bits per heavy atom. The predicted molar refractivity (Wildman–Crippen MR) is 187 cm³/mol. The molecule has 3 heterocycles. The molecule has 2 fully saturated rings. The van der Waals surface area contributed by atoms with Crippen LogP contribution in [0.4, 0.5) is 9.59 Å². The van der Waals surface area contributed by atoms with Gasteiger partial charge in [0.2, 0.25) is 11.6 Å². The molecule has 0 spiro atoms. The van der Waals surface area contributed by atoms with Gasteiger partial charge in [0.05, 0.1) is 0 Å². The molecule has 2 saturated heterocycles. The molecule has 2 aliphatic heterocycles. The fourth-order valence-electron chi connectivity index (χ4n) is 5.72. The minimum absolute atomic E-state index is 0.315. The van der Waals surface area contributed by atoms with E-state index < -0.39 is 35.5 Å². The Morgan fingerprint density at radius 1 is 0.653 bits per heavy atom. The molecular formula is C40H43N3O6. The van der Waals surface area contributed by atoms with Crippen molar-refractivity contribution in [3.63, 3.8) is 0 Å². The van der Waals surface area contributed by atoms with Crippen LogP contribution in [0.25, 0.3) is 22.5 Å². The fourth-order valence-corrected chi connectivity index (χ4v) is 5.72. The summed E-state index contributed by atoms with van der Waals surface area (Å²) >= 11 is 0. The van der Waals surface area contributed by atoms with Gasteiger partial charge in [-0.2, -0.15) is 0 Å². The number of amides is 2. The second kappa shape index (κ2) is 14.5. The van der Waals surface area contributed by atoms with Gasteiger partial charge in [0.25, 0.3) is 0 Å². The summed E-state index contributed by atoms with van der Waals surface area (Å²) in [6.07, 6.45) is 1.56. The van der Waals surface area contributed by atoms with Crippen molar-refractivity contribution in [3.8, 4) is 46.2 Å². The van der Waals surface area contributed by atoms with Gasteiger partial charge in [-0.3, -0.25) is 19.4 Å². The van der Waals surface area contributed by atoms with Crippen molar-refractivity contribution < 1.29 is 30.1 Å². The van der Waals surface area contributed by atoms with E-state index >= 15 is 0 Å². The van der Waals surface area contributed by atoms with E-state index in [4.69, 9.17) is 10.9 Å². The molecule has 1 N–H and O–H groups in total. The van der Waals surface area contributed by atoms with Gasteiger partial charge in [-0.25, -0.2) is 9.59 Å². The Balaban J connectivity index is 1.21. The number of carbonyl (C=O) groups excluding carboxylic acids is 4. The molecule has 2 amide bonds. The first kappa shape index (κ1) is 33.6. The summed E-state index contributed by atoms with van der Waals surface area (Å²) in [5, 5.41) is 0. The first-order chi connectivity index (χ1) is 23.6. The molecule has 5 rings (SSSR count). The van der Waals surface area contributed by atoms with E-state index in [0.717, 1.165) is 24.0 Å². The highest BCUT2D eigenvalue weighted by atomic mass is 16.6. The third-order valence-corrected chi connectivity index (χ3v) is 8.03. The van der Waals surface area contributed by atoms with Gasteiger partial charge in [-0.15, -0.1) is 0 Å². The summed E-state index contributed by atoms with van der Waals surface area (Å²) < 4.78 is 19.7. The highest BCUT2D eigenvalue weighted by molar-refractivity contribution is 6.02. The van der Waals surface area contributed by atoms with Crippen molar-refractivity contribution in [2.45, 2.75) is 90.5 Å². The molecule has 1 aromatic heterocycles. The Hall–Kier alpha value is -5.28. The number of rotatable bonds is 4. The van der Waals surface area contributed by atoms with Gasteiger partial charge < -0.3 is 14.5 Å². The number of ether oxygens (including phenoxy) is 2. The van der Waals surface area contributed by atoms with Gasteiger partial charge in [-0.1, -0.05) is 36.1 Å². The molecule has 0 radical (unpaired) electrons. The number of benzene rings is 2. The SMILES string of the molecule is [2H]n1c(-c2ccc(C#CC(=O)C3CCCN3C(=O)OC(C)(C)C)cc2)ccc1-c1ccc(C#CC(=O)C2CCCN2C(=O)OC(C)(C)C)cc1. The maximum Gasteiger partial charge on any atom is 0.410 e. The van der Waals surface area contributed by atoms with Crippen molar-refractivity contribution in [1.82, 2.24) is 14.8 Å². The topological polar surface area (TPSA) is 109 Å². The molecule has 0 bridgehead atoms. The van der Waals surface area contributed by atoms with E-state index in [1.54, 1.807) is 65.8 Å². The van der Waals surface area contributed by atoms with Crippen molar-refractivity contribution in [3.05, 3.63) is 71.8 Å². The van der Waals surface area contributed by atoms with E-state index in [9.17, 15) is 19.2 Å². The van der Waals surface area contributed by atoms with E-state index in [1.165, 1.54) is 14.8 Å². The molecule has 2 atom stereocenters. The number of aromatic amines is 1. The molecule has 2 unspecified atom stereocenters. The normalized spacial score (nSPS) is 17.7. The number of carbonyl (C=O) groups is 4. The lowest BCUT2D eigenvalue weighted by Gasteiger charge is -2.27. The Labute approximate surface area is 289 Å². The molecule has 9 heteroatoms. The fraction of sp³-hybridized carbons (Fsp3) is 0.400. The van der Waals surface area contributed by atoms with Crippen LogP contribution in [-0.2, 0) is 19.1 Å². The molecule has 3 aromatic rings. The lowest BCUT2D eigenvalue weighted by Crippen LogP contribution is -2.43. The van der Waals surface area contributed by atoms with Gasteiger partial charge in [0, 0.05) is 35.6 Å². The summed E-state index contributed by atoms with van der Waals surface area (Å²) in [4.78, 5) is 55.2. The zero-order valence-electron chi connectivity index (χ0n) is 30.0. The van der Waals surface area contributed by atoms with Crippen molar-refractivity contribution >= 4 is 23.8 Å². The summed E-state index contributed by atoms with van der Waals surface area (Å²) in [7, 11) is 0. The molecule has 49 heavy (non-hydrogen) atoms. The number of hydrogen-bond acceptors (Lipinski definition) is 6. The van der Waals surface area contributed by atoms with Crippen LogP contribution in [0, 0.1) is 23.7 Å². The van der Waals surface area contributed by atoms with Crippen LogP contribution >= 0.6 is 0 Å². The molecule has 9 nitrogen and oxygen atoms in total. The monoisotopic (exact) mass is 662 g/mol. The van der Waals surface area contributed by atoms with Crippen LogP contribution in [0.1, 0.15) is 78.4 Å². The Morgan fingerprint density at radius 3 is 1.37 bits per heavy atom. The third kappa shape index (κ3) is 9.21. The van der Waals surface area contributed by atoms with Crippen LogP contribution in [-0.4, -0.2) is 74.9 Å². The number of Topliss-reactive ketones (excluding diaryl/α,β-unsaturated/α-hetero) is 2. The summed E-state index contributed by atoms with van der Waals surface area (Å²) in [6, 6.07) is 17.1. The molecule has 2 aromatic carbocycles. The smallest absolute Gasteiger partial charge is 0.410 e. The third-order valence-electron chi connectivity index (χ3n) is 8.03. The predicted octanol–water partition coefficient (Wildman–Crippen LogP) is 6.99.